The second-order valence-corrected chi connectivity index (χ2v) is 2.39. The monoisotopic (exact) mass is 168 g/mol. The van der Waals surface area contributed by atoms with Gasteiger partial charge in [0, 0.05) is 12.1 Å². The van der Waals surface area contributed by atoms with E-state index in [0.717, 1.165) is 0 Å². The lowest BCUT2D eigenvalue weighted by Crippen LogP contribution is -1.92. The van der Waals surface area contributed by atoms with Gasteiger partial charge in [0.05, 0.1) is 12.4 Å². The summed E-state index contributed by atoms with van der Waals surface area (Å²) < 4.78 is 7.24. The van der Waals surface area contributed by atoms with E-state index in [2.05, 4.69) is 0 Å². The Morgan fingerprint density at radius 1 is 1.58 bits per heavy atom. The maximum absolute atomic E-state index is 10.3. The Bertz CT molecular complexity index is 315. The van der Waals surface area contributed by atoms with Crippen LogP contribution in [0.3, 0.4) is 0 Å². The summed E-state index contributed by atoms with van der Waals surface area (Å²) >= 11 is 0. The molecule has 64 valence electrons. The van der Waals surface area contributed by atoms with E-state index in [-0.39, 0.29) is 5.69 Å². The van der Waals surface area contributed by atoms with E-state index in [1.807, 2.05) is 0 Å². The van der Waals surface area contributed by atoms with Crippen LogP contribution in [-0.2, 0) is 0 Å². The lowest BCUT2D eigenvalue weighted by atomic mass is 10.1. The van der Waals surface area contributed by atoms with E-state index >= 15 is 0 Å². The summed E-state index contributed by atoms with van der Waals surface area (Å²) in [4.78, 5) is 9.73. The third-order valence-electron chi connectivity index (χ3n) is 1.50. The van der Waals surface area contributed by atoms with Crippen molar-refractivity contribution in [3.05, 3.63) is 39.9 Å². The molecule has 0 aliphatic rings. The third kappa shape index (κ3) is 1.79. The molecule has 0 saturated carbocycles. The highest BCUT2D eigenvalue weighted by Gasteiger charge is 2.05. The number of benzene rings is 1. The maximum atomic E-state index is 10.3. The first kappa shape index (κ1) is 7.24. The van der Waals surface area contributed by atoms with Gasteiger partial charge in [-0.2, -0.15) is 0 Å². The Morgan fingerprint density at radius 2 is 2.08 bits per heavy atom. The smallest absolute Gasteiger partial charge is 0.269 e. The van der Waals surface area contributed by atoms with Crippen LogP contribution < -0.4 is 0 Å². The molecular formula is C8H9NO3. The third-order valence-corrected chi connectivity index (χ3v) is 1.50. The largest absolute Gasteiger partial charge is 0.389 e. The van der Waals surface area contributed by atoms with E-state index in [4.69, 9.17) is 1.37 Å². The van der Waals surface area contributed by atoms with Gasteiger partial charge in [-0.1, -0.05) is 0 Å². The SMILES string of the molecule is [2H]C(C)(O)c1ccc([N+](=O)[O-])cc1. The molecule has 1 aromatic rings. The Hall–Kier alpha value is -1.42. The van der Waals surface area contributed by atoms with Crippen molar-refractivity contribution in [1.82, 2.24) is 0 Å². The van der Waals surface area contributed by atoms with E-state index in [1.165, 1.54) is 31.2 Å². The summed E-state index contributed by atoms with van der Waals surface area (Å²) in [5.74, 6) is 0. The molecule has 0 aliphatic carbocycles. The van der Waals surface area contributed by atoms with Crippen LogP contribution in [0.15, 0.2) is 24.3 Å². The summed E-state index contributed by atoms with van der Waals surface area (Å²) in [6.07, 6.45) is -1.70. The maximum Gasteiger partial charge on any atom is 0.269 e. The van der Waals surface area contributed by atoms with Crippen molar-refractivity contribution >= 4 is 5.69 Å². The van der Waals surface area contributed by atoms with E-state index in [1.54, 1.807) is 0 Å². The number of rotatable bonds is 2. The van der Waals surface area contributed by atoms with Crippen molar-refractivity contribution < 1.29 is 11.4 Å². The van der Waals surface area contributed by atoms with Crippen LogP contribution in [0.4, 0.5) is 5.69 Å². The summed E-state index contributed by atoms with van der Waals surface area (Å²) in [5.41, 5.74) is 0.283. The van der Waals surface area contributed by atoms with Crippen molar-refractivity contribution in [1.29, 1.82) is 0 Å². The van der Waals surface area contributed by atoms with Crippen LogP contribution in [0.2, 0.25) is 0 Å². The second-order valence-electron chi connectivity index (χ2n) is 2.39. The topological polar surface area (TPSA) is 63.4 Å². The first-order valence-corrected chi connectivity index (χ1v) is 3.38. The summed E-state index contributed by atoms with van der Waals surface area (Å²) in [6, 6.07) is 5.26. The molecule has 1 atom stereocenters. The Morgan fingerprint density at radius 3 is 2.42 bits per heavy atom. The van der Waals surface area contributed by atoms with Crippen molar-refractivity contribution in [3.63, 3.8) is 0 Å². The molecule has 0 radical (unpaired) electrons. The van der Waals surface area contributed by atoms with Gasteiger partial charge in [-0.05, 0) is 24.6 Å². The highest BCUT2D eigenvalue weighted by atomic mass is 16.6. The molecule has 0 aliphatic heterocycles. The molecule has 4 heteroatoms. The van der Waals surface area contributed by atoms with Gasteiger partial charge in [0.1, 0.15) is 0 Å². The number of hydrogen-bond acceptors (Lipinski definition) is 3. The Labute approximate surface area is 71.0 Å². The number of hydrogen-bond donors (Lipinski definition) is 1. The summed E-state index contributed by atoms with van der Waals surface area (Å²) in [6.45, 7) is 1.30. The van der Waals surface area contributed by atoms with Gasteiger partial charge in [0.15, 0.2) is 0 Å². The van der Waals surface area contributed by atoms with E-state index in [9.17, 15) is 15.2 Å². The molecule has 1 aromatic carbocycles. The molecular weight excluding hydrogens is 158 g/mol. The molecule has 4 nitrogen and oxygen atoms in total. The molecule has 0 aromatic heterocycles. The molecule has 0 fully saturated rings. The average Bonchev–Trinajstić information content (AvgIpc) is 2.03. The average molecular weight is 168 g/mol. The molecule has 1 N–H and O–H groups in total. The van der Waals surface area contributed by atoms with Gasteiger partial charge >= 0.3 is 0 Å². The number of nitrogens with zero attached hydrogens (tertiary/aromatic N) is 1. The number of nitro groups is 1. The lowest BCUT2D eigenvalue weighted by molar-refractivity contribution is -0.384. The molecule has 0 heterocycles. The first-order chi connectivity index (χ1) is 5.91. The Kier molecular flexibility index (Phi) is 2.00. The van der Waals surface area contributed by atoms with Gasteiger partial charge in [0.25, 0.3) is 5.69 Å². The highest BCUT2D eigenvalue weighted by Crippen LogP contribution is 2.16. The van der Waals surface area contributed by atoms with Crippen LogP contribution in [0.1, 0.15) is 19.9 Å². The quantitative estimate of drug-likeness (QED) is 0.539. The zero-order valence-electron chi connectivity index (χ0n) is 7.52. The first-order valence-electron chi connectivity index (χ1n) is 3.88. The van der Waals surface area contributed by atoms with Crippen LogP contribution in [0.25, 0.3) is 0 Å². The van der Waals surface area contributed by atoms with E-state index < -0.39 is 11.0 Å². The van der Waals surface area contributed by atoms with Crippen LogP contribution in [-0.4, -0.2) is 10.0 Å². The van der Waals surface area contributed by atoms with Crippen LogP contribution >= 0.6 is 0 Å². The standard InChI is InChI=1S/C8H9NO3/c1-6(10)7-2-4-8(5-3-7)9(11)12/h2-6,10H,1H3/i6D. The lowest BCUT2D eigenvalue weighted by Gasteiger charge is -2.02. The summed E-state index contributed by atoms with van der Waals surface area (Å²) in [5, 5.41) is 19.5. The van der Waals surface area contributed by atoms with Crippen molar-refractivity contribution in [2.75, 3.05) is 0 Å². The van der Waals surface area contributed by atoms with Gasteiger partial charge < -0.3 is 5.11 Å². The Balaban J connectivity index is 3.01. The number of non-ortho nitro benzene ring substituents is 1. The predicted octanol–water partition coefficient (Wildman–Crippen LogP) is 1.65. The highest BCUT2D eigenvalue weighted by molar-refractivity contribution is 5.33. The van der Waals surface area contributed by atoms with Gasteiger partial charge in [-0.3, -0.25) is 10.1 Å². The van der Waals surface area contributed by atoms with Crippen LogP contribution in [0.5, 0.6) is 0 Å². The van der Waals surface area contributed by atoms with Gasteiger partial charge in [0.2, 0.25) is 0 Å². The fraction of sp³-hybridized carbons (Fsp3) is 0.250. The number of aliphatic hydroxyl groups is 1. The van der Waals surface area contributed by atoms with E-state index in [0.29, 0.717) is 5.56 Å². The minimum atomic E-state index is -1.70. The minimum Gasteiger partial charge on any atom is -0.389 e. The molecule has 1 unspecified atom stereocenters. The predicted molar refractivity (Wildman–Crippen MR) is 43.7 cm³/mol. The zero-order valence-corrected chi connectivity index (χ0v) is 6.52. The van der Waals surface area contributed by atoms with Crippen molar-refractivity contribution in [2.24, 2.45) is 0 Å². The van der Waals surface area contributed by atoms with Crippen LogP contribution in [0, 0.1) is 10.1 Å². The molecule has 12 heavy (non-hydrogen) atoms. The normalized spacial score (nSPS) is 16.3. The van der Waals surface area contributed by atoms with Crippen molar-refractivity contribution in [2.45, 2.75) is 13.0 Å². The van der Waals surface area contributed by atoms with Gasteiger partial charge in [-0.15, -0.1) is 0 Å². The fourth-order valence-corrected chi connectivity index (χ4v) is 0.824. The molecule has 0 amide bonds. The second kappa shape index (κ2) is 3.32. The molecule has 1 rings (SSSR count). The summed E-state index contributed by atoms with van der Waals surface area (Å²) in [7, 11) is 0. The fourth-order valence-electron chi connectivity index (χ4n) is 0.824. The molecule has 0 saturated heterocycles. The van der Waals surface area contributed by atoms with Gasteiger partial charge in [-0.25, -0.2) is 0 Å². The zero-order chi connectivity index (χ0) is 10.1. The number of nitro benzene ring substituents is 1. The molecule has 0 bridgehead atoms. The molecule has 0 spiro atoms. The minimum absolute atomic E-state index is 0.0481. The van der Waals surface area contributed by atoms with Crippen molar-refractivity contribution in [3.8, 4) is 0 Å².